The van der Waals surface area contributed by atoms with Crippen molar-refractivity contribution >= 4 is 27.4 Å². The largest absolute Gasteiger partial charge is 0.366 e. The average Bonchev–Trinajstić information content (AvgIpc) is 2.72. The number of nitrogens with zero attached hydrogens (tertiary/aromatic N) is 2. The molecule has 0 aromatic carbocycles. The molecule has 3 N–H and O–H groups in total. The van der Waals surface area contributed by atoms with Crippen LogP contribution in [0.3, 0.4) is 0 Å². The molecule has 2 aromatic rings. The van der Waals surface area contributed by atoms with Crippen molar-refractivity contribution in [3.63, 3.8) is 0 Å². The maximum Gasteiger partial charge on any atom is 0.147 e. The quantitative estimate of drug-likeness (QED) is 0.871. The van der Waals surface area contributed by atoms with Gasteiger partial charge in [-0.3, -0.25) is 0 Å². The summed E-state index contributed by atoms with van der Waals surface area (Å²) in [5.41, 5.74) is 7.92. The molecule has 1 unspecified atom stereocenters. The van der Waals surface area contributed by atoms with Crippen LogP contribution < -0.4 is 11.1 Å². The Morgan fingerprint density at radius 3 is 2.83 bits per heavy atom. The minimum atomic E-state index is 0.357. The van der Waals surface area contributed by atoms with Crippen molar-refractivity contribution in [2.45, 2.75) is 33.2 Å². The second kappa shape index (κ2) is 5.63. The highest BCUT2D eigenvalue weighted by Crippen LogP contribution is 2.29. The van der Waals surface area contributed by atoms with Gasteiger partial charge in [0, 0.05) is 6.04 Å². The summed E-state index contributed by atoms with van der Waals surface area (Å²) in [6, 6.07) is 0.357. The van der Waals surface area contributed by atoms with E-state index in [1.165, 1.54) is 5.56 Å². The summed E-state index contributed by atoms with van der Waals surface area (Å²) in [4.78, 5) is 8.71. The standard InChI is InChI=1S/C13H20N4S/c1-8(2)10(4-5-14)17-13-12-11(15-7-16-13)9(3)6-18-12/h6-8,10H,4-5,14H2,1-3H3,(H,15,16,17). The van der Waals surface area contributed by atoms with Gasteiger partial charge < -0.3 is 11.1 Å². The SMILES string of the molecule is Cc1csc2c(NC(CCN)C(C)C)ncnc12. The van der Waals surface area contributed by atoms with Crippen molar-refractivity contribution in [1.82, 2.24) is 9.97 Å². The number of aromatic nitrogens is 2. The number of rotatable bonds is 5. The van der Waals surface area contributed by atoms with E-state index in [4.69, 9.17) is 5.73 Å². The summed E-state index contributed by atoms with van der Waals surface area (Å²) in [6.07, 6.45) is 2.58. The van der Waals surface area contributed by atoms with E-state index in [1.807, 2.05) is 0 Å². The van der Waals surface area contributed by atoms with Crippen LogP contribution in [0.2, 0.25) is 0 Å². The lowest BCUT2D eigenvalue weighted by Gasteiger charge is -2.22. The van der Waals surface area contributed by atoms with Crippen LogP contribution >= 0.6 is 11.3 Å². The van der Waals surface area contributed by atoms with Crippen molar-refractivity contribution in [2.75, 3.05) is 11.9 Å². The lowest BCUT2D eigenvalue weighted by molar-refractivity contribution is 0.498. The third-order valence-corrected chi connectivity index (χ3v) is 4.23. The zero-order valence-electron chi connectivity index (χ0n) is 11.1. The van der Waals surface area contributed by atoms with Crippen LogP contribution in [-0.2, 0) is 0 Å². The Hall–Kier alpha value is -1.20. The van der Waals surface area contributed by atoms with Gasteiger partial charge in [-0.05, 0) is 36.8 Å². The molecular weight excluding hydrogens is 244 g/mol. The smallest absolute Gasteiger partial charge is 0.147 e. The molecule has 18 heavy (non-hydrogen) atoms. The van der Waals surface area contributed by atoms with Gasteiger partial charge in [0.1, 0.15) is 12.1 Å². The fourth-order valence-electron chi connectivity index (χ4n) is 2.00. The van der Waals surface area contributed by atoms with Gasteiger partial charge in [0.2, 0.25) is 0 Å². The summed E-state index contributed by atoms with van der Waals surface area (Å²) in [5.74, 6) is 1.46. The Morgan fingerprint density at radius 1 is 1.39 bits per heavy atom. The summed E-state index contributed by atoms with van der Waals surface area (Å²) in [5, 5.41) is 5.64. The molecule has 2 heterocycles. The van der Waals surface area contributed by atoms with Crippen molar-refractivity contribution in [2.24, 2.45) is 11.7 Å². The van der Waals surface area contributed by atoms with Crippen LogP contribution in [0.25, 0.3) is 10.2 Å². The summed E-state index contributed by atoms with van der Waals surface area (Å²) >= 11 is 1.69. The van der Waals surface area contributed by atoms with Crippen molar-refractivity contribution in [3.8, 4) is 0 Å². The second-order valence-corrected chi connectivity index (χ2v) is 5.77. The third-order valence-electron chi connectivity index (χ3n) is 3.14. The minimum Gasteiger partial charge on any atom is -0.366 e. The topological polar surface area (TPSA) is 63.8 Å². The molecule has 2 rings (SSSR count). The molecule has 4 nitrogen and oxygen atoms in total. The molecule has 0 bridgehead atoms. The molecule has 98 valence electrons. The number of anilines is 1. The van der Waals surface area contributed by atoms with Gasteiger partial charge in [-0.25, -0.2) is 9.97 Å². The van der Waals surface area contributed by atoms with Gasteiger partial charge in [-0.2, -0.15) is 0 Å². The van der Waals surface area contributed by atoms with Gasteiger partial charge in [0.15, 0.2) is 0 Å². The van der Waals surface area contributed by atoms with Crippen LogP contribution in [0.1, 0.15) is 25.8 Å². The molecule has 0 saturated carbocycles. The second-order valence-electron chi connectivity index (χ2n) is 4.89. The zero-order valence-corrected chi connectivity index (χ0v) is 11.9. The van der Waals surface area contributed by atoms with Crippen molar-refractivity contribution in [1.29, 1.82) is 0 Å². The summed E-state index contributed by atoms with van der Waals surface area (Å²) < 4.78 is 1.14. The van der Waals surface area contributed by atoms with E-state index in [-0.39, 0.29) is 0 Å². The van der Waals surface area contributed by atoms with Gasteiger partial charge in [0.25, 0.3) is 0 Å². The number of fused-ring (bicyclic) bond motifs is 1. The van der Waals surface area contributed by atoms with E-state index in [0.717, 1.165) is 22.5 Å². The zero-order chi connectivity index (χ0) is 13.1. The van der Waals surface area contributed by atoms with Gasteiger partial charge in [-0.1, -0.05) is 13.8 Å². The number of hydrogen-bond donors (Lipinski definition) is 2. The molecule has 1 atom stereocenters. The Kier molecular flexibility index (Phi) is 4.14. The maximum absolute atomic E-state index is 5.67. The molecule has 0 fully saturated rings. The van der Waals surface area contributed by atoms with Crippen molar-refractivity contribution in [3.05, 3.63) is 17.3 Å². The Labute approximate surface area is 112 Å². The molecule has 0 radical (unpaired) electrons. The molecule has 2 aromatic heterocycles. The molecule has 0 aliphatic carbocycles. The molecule has 0 amide bonds. The lowest BCUT2D eigenvalue weighted by atomic mass is 10.0. The highest BCUT2D eigenvalue weighted by Gasteiger charge is 2.15. The Balaban J connectivity index is 2.30. The lowest BCUT2D eigenvalue weighted by Crippen LogP contribution is -2.28. The van der Waals surface area contributed by atoms with Gasteiger partial charge in [0.05, 0.1) is 10.2 Å². The van der Waals surface area contributed by atoms with E-state index in [2.05, 4.69) is 41.4 Å². The number of hydrogen-bond acceptors (Lipinski definition) is 5. The van der Waals surface area contributed by atoms with E-state index < -0.39 is 0 Å². The van der Waals surface area contributed by atoms with E-state index in [0.29, 0.717) is 18.5 Å². The van der Waals surface area contributed by atoms with Gasteiger partial charge in [-0.15, -0.1) is 11.3 Å². The number of nitrogens with two attached hydrogens (primary N) is 1. The molecule has 0 saturated heterocycles. The van der Waals surface area contributed by atoms with Crippen LogP contribution in [0.15, 0.2) is 11.7 Å². The van der Waals surface area contributed by atoms with Crippen molar-refractivity contribution < 1.29 is 0 Å². The van der Waals surface area contributed by atoms with Crippen LogP contribution in [0, 0.1) is 12.8 Å². The molecular formula is C13H20N4S. The molecule has 0 spiro atoms. The summed E-state index contributed by atoms with van der Waals surface area (Å²) in [7, 11) is 0. The fraction of sp³-hybridized carbons (Fsp3) is 0.538. The maximum atomic E-state index is 5.67. The van der Waals surface area contributed by atoms with E-state index >= 15 is 0 Å². The molecule has 5 heteroatoms. The van der Waals surface area contributed by atoms with Crippen LogP contribution in [-0.4, -0.2) is 22.6 Å². The monoisotopic (exact) mass is 264 g/mol. The van der Waals surface area contributed by atoms with Crippen LogP contribution in [0.4, 0.5) is 5.82 Å². The first-order valence-corrected chi connectivity index (χ1v) is 7.16. The normalized spacial score (nSPS) is 13.2. The number of thiophene rings is 1. The number of aryl methyl sites for hydroxylation is 1. The predicted molar refractivity (Wildman–Crippen MR) is 78.1 cm³/mol. The highest BCUT2D eigenvalue weighted by molar-refractivity contribution is 7.18. The third kappa shape index (κ3) is 2.62. The predicted octanol–water partition coefficient (Wildman–Crippen LogP) is 2.79. The van der Waals surface area contributed by atoms with Crippen LogP contribution in [0.5, 0.6) is 0 Å². The first-order valence-electron chi connectivity index (χ1n) is 6.29. The first-order chi connectivity index (χ1) is 8.63. The molecule has 0 aliphatic rings. The summed E-state index contributed by atoms with van der Waals surface area (Å²) in [6.45, 7) is 7.17. The Morgan fingerprint density at radius 2 is 2.17 bits per heavy atom. The number of nitrogens with one attached hydrogen (secondary N) is 1. The van der Waals surface area contributed by atoms with E-state index in [1.54, 1.807) is 17.7 Å². The van der Waals surface area contributed by atoms with Gasteiger partial charge >= 0.3 is 0 Å². The van der Waals surface area contributed by atoms with E-state index in [9.17, 15) is 0 Å². The average molecular weight is 264 g/mol. The first kappa shape index (κ1) is 13.2. The minimum absolute atomic E-state index is 0.357. The highest BCUT2D eigenvalue weighted by atomic mass is 32.1. The Bertz CT molecular complexity index is 521. The molecule has 0 aliphatic heterocycles. The fourth-order valence-corrected chi connectivity index (χ4v) is 2.95.